The average Bonchev–Trinajstić information content (AvgIpc) is 3.59. The SMILES string of the molecule is O=C(C1CC1)N1CCN(c2nc(-c3ccc(Cl)cc3)nc3sc4c(c23)CCCC4)CC1. The molecule has 3 aliphatic rings. The largest absolute Gasteiger partial charge is 0.352 e. The topological polar surface area (TPSA) is 49.3 Å². The smallest absolute Gasteiger partial charge is 0.225 e. The number of carbonyl (C=O) groups excluding carboxylic acids is 1. The third kappa shape index (κ3) is 3.60. The first-order chi connectivity index (χ1) is 15.2. The molecule has 6 rings (SSSR count). The number of hydrogen-bond acceptors (Lipinski definition) is 5. The number of aryl methyl sites for hydroxylation is 2. The minimum Gasteiger partial charge on any atom is -0.352 e. The third-order valence-electron chi connectivity index (χ3n) is 6.72. The van der Waals surface area contributed by atoms with Gasteiger partial charge in [-0.25, -0.2) is 9.97 Å². The predicted molar refractivity (Wildman–Crippen MR) is 126 cm³/mol. The first-order valence-corrected chi connectivity index (χ1v) is 12.5. The second-order valence-electron chi connectivity index (χ2n) is 8.86. The van der Waals surface area contributed by atoms with Gasteiger partial charge < -0.3 is 9.80 Å². The fraction of sp³-hybridized carbons (Fsp3) is 0.458. The Hall–Kier alpha value is -2.18. The molecule has 1 saturated carbocycles. The van der Waals surface area contributed by atoms with E-state index in [1.807, 2.05) is 35.6 Å². The Balaban J connectivity index is 1.40. The van der Waals surface area contributed by atoms with E-state index < -0.39 is 0 Å². The van der Waals surface area contributed by atoms with E-state index in [0.717, 1.165) is 73.9 Å². The van der Waals surface area contributed by atoms with E-state index in [-0.39, 0.29) is 5.92 Å². The van der Waals surface area contributed by atoms with Gasteiger partial charge in [-0.05, 0) is 68.4 Å². The molecule has 7 heteroatoms. The first-order valence-electron chi connectivity index (χ1n) is 11.3. The van der Waals surface area contributed by atoms with Gasteiger partial charge in [-0.1, -0.05) is 11.6 Å². The van der Waals surface area contributed by atoms with Crippen molar-refractivity contribution in [1.82, 2.24) is 14.9 Å². The van der Waals surface area contributed by atoms with Crippen LogP contribution in [0, 0.1) is 5.92 Å². The Morgan fingerprint density at radius 3 is 2.48 bits per heavy atom. The molecule has 2 aromatic heterocycles. The van der Waals surface area contributed by atoms with Crippen molar-refractivity contribution < 1.29 is 4.79 Å². The highest BCUT2D eigenvalue weighted by atomic mass is 35.5. The third-order valence-corrected chi connectivity index (χ3v) is 8.15. The first kappa shape index (κ1) is 19.5. The van der Waals surface area contributed by atoms with Gasteiger partial charge in [-0.15, -0.1) is 11.3 Å². The summed E-state index contributed by atoms with van der Waals surface area (Å²) < 4.78 is 0. The van der Waals surface area contributed by atoms with Crippen molar-refractivity contribution in [2.75, 3.05) is 31.1 Å². The molecule has 3 aromatic rings. The van der Waals surface area contributed by atoms with Crippen LogP contribution >= 0.6 is 22.9 Å². The molecule has 1 amide bonds. The monoisotopic (exact) mass is 452 g/mol. The molecule has 0 bridgehead atoms. The standard InChI is InChI=1S/C24H25ClN4OS/c25-17-9-7-15(8-10-17)21-26-22(20-18-3-1-2-4-19(18)31-23(20)27-21)28-11-13-29(14-12-28)24(30)16-5-6-16/h7-10,16H,1-6,11-14H2. The molecule has 3 heterocycles. The van der Waals surface area contributed by atoms with E-state index in [1.54, 1.807) is 0 Å². The zero-order valence-corrected chi connectivity index (χ0v) is 19.0. The maximum atomic E-state index is 12.5. The van der Waals surface area contributed by atoms with Gasteiger partial charge in [0.2, 0.25) is 5.91 Å². The molecular weight excluding hydrogens is 428 g/mol. The number of anilines is 1. The van der Waals surface area contributed by atoms with Crippen LogP contribution in [0.5, 0.6) is 0 Å². The summed E-state index contributed by atoms with van der Waals surface area (Å²) in [6.45, 7) is 3.22. The molecule has 0 radical (unpaired) electrons. The van der Waals surface area contributed by atoms with Crippen LogP contribution in [0.1, 0.15) is 36.1 Å². The Morgan fingerprint density at radius 2 is 1.74 bits per heavy atom. The van der Waals surface area contributed by atoms with Crippen LogP contribution < -0.4 is 4.90 Å². The zero-order valence-electron chi connectivity index (χ0n) is 17.4. The number of thiophene rings is 1. The van der Waals surface area contributed by atoms with Crippen LogP contribution in [0.2, 0.25) is 5.02 Å². The molecule has 2 aliphatic carbocycles. The van der Waals surface area contributed by atoms with E-state index in [0.29, 0.717) is 10.9 Å². The molecule has 2 fully saturated rings. The average molecular weight is 453 g/mol. The van der Waals surface area contributed by atoms with E-state index in [4.69, 9.17) is 21.6 Å². The van der Waals surface area contributed by atoms with Crippen molar-refractivity contribution >= 4 is 44.9 Å². The molecule has 5 nitrogen and oxygen atoms in total. The number of piperazine rings is 1. The van der Waals surface area contributed by atoms with E-state index >= 15 is 0 Å². The lowest BCUT2D eigenvalue weighted by Crippen LogP contribution is -2.49. The van der Waals surface area contributed by atoms with Gasteiger partial charge in [0, 0.05) is 47.6 Å². The molecule has 0 N–H and O–H groups in total. The van der Waals surface area contributed by atoms with Gasteiger partial charge in [-0.3, -0.25) is 4.79 Å². The summed E-state index contributed by atoms with van der Waals surface area (Å²) in [5.41, 5.74) is 2.45. The van der Waals surface area contributed by atoms with Crippen molar-refractivity contribution in [2.45, 2.75) is 38.5 Å². The number of halogens is 1. The van der Waals surface area contributed by atoms with Gasteiger partial charge in [0.1, 0.15) is 10.6 Å². The summed E-state index contributed by atoms with van der Waals surface area (Å²) in [7, 11) is 0. The van der Waals surface area contributed by atoms with Crippen molar-refractivity contribution in [1.29, 1.82) is 0 Å². The maximum absolute atomic E-state index is 12.5. The van der Waals surface area contributed by atoms with Crippen LogP contribution in [0.25, 0.3) is 21.6 Å². The van der Waals surface area contributed by atoms with Crippen molar-refractivity contribution in [3.63, 3.8) is 0 Å². The quantitative estimate of drug-likeness (QED) is 0.564. The summed E-state index contributed by atoms with van der Waals surface area (Å²) >= 11 is 7.94. The minimum absolute atomic E-state index is 0.290. The molecule has 0 atom stereocenters. The van der Waals surface area contributed by atoms with Gasteiger partial charge in [-0.2, -0.15) is 0 Å². The van der Waals surface area contributed by atoms with Crippen LogP contribution in [-0.2, 0) is 17.6 Å². The lowest BCUT2D eigenvalue weighted by atomic mass is 9.96. The Kier molecular flexibility index (Phi) is 4.87. The lowest BCUT2D eigenvalue weighted by molar-refractivity contribution is -0.132. The minimum atomic E-state index is 0.290. The Morgan fingerprint density at radius 1 is 1.00 bits per heavy atom. The number of nitrogens with zero attached hydrogens (tertiary/aromatic N) is 4. The summed E-state index contributed by atoms with van der Waals surface area (Å²) in [6, 6.07) is 7.78. The second kappa shape index (κ2) is 7.75. The van der Waals surface area contributed by atoms with Gasteiger partial charge in [0.25, 0.3) is 0 Å². The normalized spacial score (nSPS) is 19.0. The zero-order chi connectivity index (χ0) is 20.9. The van der Waals surface area contributed by atoms with Crippen molar-refractivity contribution in [3.8, 4) is 11.4 Å². The van der Waals surface area contributed by atoms with Crippen LogP contribution in [0.15, 0.2) is 24.3 Å². The highest BCUT2D eigenvalue weighted by Gasteiger charge is 2.35. The fourth-order valence-electron chi connectivity index (χ4n) is 4.82. The molecule has 160 valence electrons. The molecule has 1 aromatic carbocycles. The Bertz CT molecular complexity index is 1150. The maximum Gasteiger partial charge on any atom is 0.225 e. The summed E-state index contributed by atoms with van der Waals surface area (Å²) in [5.74, 6) is 2.45. The molecule has 0 unspecified atom stereocenters. The summed E-state index contributed by atoms with van der Waals surface area (Å²) in [4.78, 5) is 29.6. The number of amides is 1. The highest BCUT2D eigenvalue weighted by Crippen LogP contribution is 2.41. The number of hydrogen-bond donors (Lipinski definition) is 0. The second-order valence-corrected chi connectivity index (χ2v) is 10.4. The van der Waals surface area contributed by atoms with E-state index in [9.17, 15) is 4.79 Å². The van der Waals surface area contributed by atoms with E-state index in [1.165, 1.54) is 28.7 Å². The summed E-state index contributed by atoms with van der Waals surface area (Å²) in [6.07, 6.45) is 6.89. The lowest BCUT2D eigenvalue weighted by Gasteiger charge is -2.36. The number of benzene rings is 1. The van der Waals surface area contributed by atoms with E-state index in [2.05, 4.69) is 9.80 Å². The molecular formula is C24H25ClN4OS. The van der Waals surface area contributed by atoms with Gasteiger partial charge in [0.05, 0.1) is 5.39 Å². The van der Waals surface area contributed by atoms with Crippen molar-refractivity contribution in [3.05, 3.63) is 39.7 Å². The predicted octanol–water partition coefficient (Wildman–Crippen LogP) is 4.95. The molecule has 1 aliphatic heterocycles. The summed E-state index contributed by atoms with van der Waals surface area (Å²) in [5, 5.41) is 1.97. The number of rotatable bonds is 3. The highest BCUT2D eigenvalue weighted by molar-refractivity contribution is 7.19. The van der Waals surface area contributed by atoms with Crippen LogP contribution in [0.3, 0.4) is 0 Å². The number of fused-ring (bicyclic) bond motifs is 3. The van der Waals surface area contributed by atoms with Crippen molar-refractivity contribution in [2.24, 2.45) is 5.92 Å². The Labute approximate surface area is 191 Å². The van der Waals surface area contributed by atoms with Gasteiger partial charge >= 0.3 is 0 Å². The molecule has 1 saturated heterocycles. The molecule has 0 spiro atoms. The molecule has 31 heavy (non-hydrogen) atoms. The van der Waals surface area contributed by atoms with Crippen LogP contribution in [-0.4, -0.2) is 47.0 Å². The number of carbonyl (C=O) groups is 1. The van der Waals surface area contributed by atoms with Crippen LogP contribution in [0.4, 0.5) is 5.82 Å². The fourth-order valence-corrected chi connectivity index (χ4v) is 6.20. The van der Waals surface area contributed by atoms with Gasteiger partial charge in [0.15, 0.2) is 5.82 Å². The number of aromatic nitrogens is 2.